The van der Waals surface area contributed by atoms with Gasteiger partial charge < -0.3 is 60.4 Å². The largest absolute Gasteiger partial charge is 0.394 e. The minimum absolute atomic E-state index is 0.0104. The quantitative estimate of drug-likeness (QED) is 0.0315. The minimum Gasteiger partial charge on any atom is -0.394 e. The van der Waals surface area contributed by atoms with E-state index in [0.717, 1.165) is 0 Å². The van der Waals surface area contributed by atoms with Crippen LogP contribution in [0, 0.1) is 11.8 Å². The number of amides is 7. The number of nitrogens with one attached hydrogen (secondary N) is 5. The van der Waals surface area contributed by atoms with Gasteiger partial charge in [0.1, 0.15) is 36.3 Å². The van der Waals surface area contributed by atoms with Gasteiger partial charge in [-0.2, -0.15) is 0 Å². The van der Waals surface area contributed by atoms with E-state index in [9.17, 15) is 33.6 Å². The van der Waals surface area contributed by atoms with E-state index in [1.165, 1.54) is 6.92 Å². The lowest BCUT2D eigenvalue weighted by molar-refractivity contribution is -0.136. The van der Waals surface area contributed by atoms with Gasteiger partial charge in [-0.05, 0) is 31.6 Å². The van der Waals surface area contributed by atoms with Gasteiger partial charge in [-0.1, -0.05) is 34.1 Å². The molecule has 0 fully saturated rings. The van der Waals surface area contributed by atoms with E-state index >= 15 is 0 Å². The molecule has 0 saturated carbocycles. The van der Waals surface area contributed by atoms with Gasteiger partial charge in [-0.15, -0.1) is 0 Å². The molecule has 0 bridgehead atoms. The normalized spacial score (nSPS) is 15.5. The number of aliphatic hydroxyl groups excluding tert-OH is 1. The molecule has 7 atom stereocenters. The highest BCUT2D eigenvalue weighted by atomic mass is 16.3. The summed E-state index contributed by atoms with van der Waals surface area (Å²) in [6.45, 7) is 7.48. The zero-order valence-electron chi connectivity index (χ0n) is 27.0. The van der Waals surface area contributed by atoms with Crippen molar-refractivity contribution in [3.8, 4) is 0 Å². The van der Waals surface area contributed by atoms with Crippen LogP contribution in [0.2, 0.25) is 0 Å². The summed E-state index contributed by atoms with van der Waals surface area (Å²) in [6, 6.07) is -7.52. The number of primary amides is 2. The molecule has 0 aliphatic rings. The van der Waals surface area contributed by atoms with Crippen LogP contribution >= 0.6 is 0 Å². The zero-order chi connectivity index (χ0) is 35.7. The average molecular weight is 658 g/mol. The maximum atomic E-state index is 13.5. The molecule has 0 aliphatic heterocycles. The highest BCUT2D eigenvalue weighted by molar-refractivity contribution is 5.97. The number of rotatable bonds is 21. The number of carbonyl (C=O) groups is 7. The van der Waals surface area contributed by atoms with Crippen LogP contribution in [0.1, 0.15) is 60.3 Å². The number of guanidine groups is 1. The fourth-order valence-corrected chi connectivity index (χ4v) is 3.99. The van der Waals surface area contributed by atoms with E-state index in [1.807, 2.05) is 0 Å². The Kier molecular flexibility index (Phi) is 18.5. The first-order chi connectivity index (χ1) is 21.4. The monoisotopic (exact) mass is 657 g/mol. The third-order valence-electron chi connectivity index (χ3n) is 6.97. The summed E-state index contributed by atoms with van der Waals surface area (Å²) >= 11 is 0. The lowest BCUT2D eigenvalue weighted by Crippen LogP contribution is -2.61. The van der Waals surface area contributed by atoms with Crippen LogP contribution < -0.4 is 55.3 Å². The van der Waals surface area contributed by atoms with Gasteiger partial charge in [-0.3, -0.25) is 38.6 Å². The van der Waals surface area contributed by atoms with Gasteiger partial charge in [0.25, 0.3) is 0 Å². The van der Waals surface area contributed by atoms with Gasteiger partial charge >= 0.3 is 0 Å². The zero-order valence-corrected chi connectivity index (χ0v) is 27.0. The molecular weight excluding hydrogens is 606 g/mol. The number of aliphatic imine (C=N–C) groups is 1. The highest BCUT2D eigenvalue weighted by Crippen LogP contribution is 2.11. The highest BCUT2D eigenvalue weighted by Gasteiger charge is 2.34. The molecule has 19 nitrogen and oxygen atoms in total. The molecule has 0 rings (SSSR count). The molecule has 0 saturated heterocycles. The predicted octanol–water partition coefficient (Wildman–Crippen LogP) is -5.13. The van der Waals surface area contributed by atoms with E-state index in [2.05, 4.69) is 31.6 Å². The molecule has 0 aromatic rings. The van der Waals surface area contributed by atoms with E-state index < -0.39 is 102 Å². The molecule has 0 aromatic heterocycles. The van der Waals surface area contributed by atoms with Crippen molar-refractivity contribution in [3.05, 3.63) is 0 Å². The summed E-state index contributed by atoms with van der Waals surface area (Å²) in [5, 5.41) is 21.3. The Morgan fingerprint density at radius 1 is 0.717 bits per heavy atom. The van der Waals surface area contributed by atoms with Gasteiger partial charge in [0.15, 0.2) is 5.96 Å². The molecule has 46 heavy (non-hydrogen) atoms. The van der Waals surface area contributed by atoms with Crippen molar-refractivity contribution >= 4 is 47.3 Å². The van der Waals surface area contributed by atoms with Crippen LogP contribution in [0.25, 0.3) is 0 Å². The standard InChI is InChI=1S/C27H51N11O8/c1-6-13(4)20(26(46)36-17(10-18(29)40)25(45)37-19(12(2)3)21(30)41)38-24(44)16(8-7-9-33-27(31)32)35-22(42)14(5)34-23(43)15(28)11-39/h12-17,19-20,39H,6-11,28H2,1-5H3,(H2,29,40)(H2,30,41)(H,34,43)(H,35,42)(H,36,46)(H,37,45)(H,38,44)(H4,31,32,33)/t13-,14-,15-,16-,17-,19-,20-/m0/s1. The van der Waals surface area contributed by atoms with Crippen LogP contribution in [-0.4, -0.2) is 102 Å². The van der Waals surface area contributed by atoms with Crippen molar-refractivity contribution in [2.75, 3.05) is 13.2 Å². The van der Waals surface area contributed by atoms with Crippen LogP contribution in [0.3, 0.4) is 0 Å². The Balaban J connectivity index is 6.08. The fraction of sp³-hybridized carbons (Fsp3) is 0.704. The van der Waals surface area contributed by atoms with Crippen molar-refractivity contribution in [3.63, 3.8) is 0 Å². The first-order valence-electron chi connectivity index (χ1n) is 14.9. The molecule has 0 aromatic carbocycles. The second kappa shape index (κ2) is 20.5. The maximum absolute atomic E-state index is 13.5. The lowest BCUT2D eigenvalue weighted by Gasteiger charge is -2.29. The minimum atomic E-state index is -1.50. The molecule has 0 radical (unpaired) electrons. The van der Waals surface area contributed by atoms with Crippen LogP contribution in [0.4, 0.5) is 0 Å². The second-order valence-electron chi connectivity index (χ2n) is 11.3. The van der Waals surface area contributed by atoms with Crippen molar-refractivity contribution in [2.45, 2.75) is 96.6 Å². The number of hydrogen-bond acceptors (Lipinski definition) is 10. The SMILES string of the molecule is CC[C@H](C)[C@H](NC(=O)[C@H](CCCN=C(N)N)NC(=O)[C@H](C)NC(=O)[C@@H](N)CO)C(=O)N[C@@H](CC(N)=O)C(=O)N[C@H](C(N)=O)C(C)C. The lowest BCUT2D eigenvalue weighted by atomic mass is 9.96. The number of hydrogen-bond donors (Lipinski definition) is 11. The predicted molar refractivity (Wildman–Crippen MR) is 168 cm³/mol. The van der Waals surface area contributed by atoms with Crippen molar-refractivity contribution < 1.29 is 38.7 Å². The van der Waals surface area contributed by atoms with Gasteiger partial charge in [0, 0.05) is 6.54 Å². The number of nitrogens with zero attached hydrogens (tertiary/aromatic N) is 1. The average Bonchev–Trinajstić information content (AvgIpc) is 2.97. The Bertz CT molecular complexity index is 1110. The van der Waals surface area contributed by atoms with Gasteiger partial charge in [0.2, 0.25) is 41.4 Å². The molecule has 16 N–H and O–H groups in total. The number of carbonyl (C=O) groups excluding carboxylic acids is 7. The topological polar surface area (TPSA) is 342 Å². The summed E-state index contributed by atoms with van der Waals surface area (Å²) in [5.41, 5.74) is 26.8. The number of nitrogens with two attached hydrogens (primary N) is 5. The molecule has 0 unspecified atom stereocenters. The molecule has 7 amide bonds. The molecular formula is C27H51N11O8. The van der Waals surface area contributed by atoms with E-state index in [0.29, 0.717) is 6.42 Å². The summed E-state index contributed by atoms with van der Waals surface area (Å²) in [4.78, 5) is 92.3. The molecule has 0 aliphatic carbocycles. The summed E-state index contributed by atoms with van der Waals surface area (Å²) < 4.78 is 0. The second-order valence-corrected chi connectivity index (χ2v) is 11.3. The third-order valence-corrected chi connectivity index (χ3v) is 6.97. The van der Waals surface area contributed by atoms with E-state index in [4.69, 9.17) is 33.8 Å². The first-order valence-corrected chi connectivity index (χ1v) is 14.9. The van der Waals surface area contributed by atoms with E-state index in [-0.39, 0.29) is 25.3 Å². The fourth-order valence-electron chi connectivity index (χ4n) is 3.99. The summed E-state index contributed by atoms with van der Waals surface area (Å²) in [6.07, 6.45) is 0.00788. The van der Waals surface area contributed by atoms with Crippen LogP contribution in [0.5, 0.6) is 0 Å². The Labute approximate surface area is 267 Å². The summed E-state index contributed by atoms with van der Waals surface area (Å²) in [7, 11) is 0. The number of aliphatic hydroxyl groups is 1. The van der Waals surface area contributed by atoms with Crippen LogP contribution in [0.15, 0.2) is 4.99 Å². The molecule has 0 heterocycles. The molecule has 0 spiro atoms. The van der Waals surface area contributed by atoms with E-state index in [1.54, 1.807) is 27.7 Å². The Morgan fingerprint density at radius 3 is 1.74 bits per heavy atom. The van der Waals surface area contributed by atoms with Gasteiger partial charge in [-0.25, -0.2) is 0 Å². The van der Waals surface area contributed by atoms with Crippen molar-refractivity contribution in [1.29, 1.82) is 0 Å². The molecule has 19 heteroatoms. The van der Waals surface area contributed by atoms with Crippen molar-refractivity contribution in [2.24, 2.45) is 45.5 Å². The van der Waals surface area contributed by atoms with Gasteiger partial charge in [0.05, 0.1) is 13.0 Å². The third kappa shape index (κ3) is 15.0. The van der Waals surface area contributed by atoms with Crippen molar-refractivity contribution in [1.82, 2.24) is 26.6 Å². The molecule has 262 valence electrons. The summed E-state index contributed by atoms with van der Waals surface area (Å²) in [5.74, 6) is -6.91. The Morgan fingerprint density at radius 2 is 1.26 bits per heavy atom. The Hall–Kier alpha value is -4.52. The maximum Gasteiger partial charge on any atom is 0.243 e. The van der Waals surface area contributed by atoms with Crippen LogP contribution in [-0.2, 0) is 33.6 Å². The smallest absolute Gasteiger partial charge is 0.243 e. The first kappa shape index (κ1) is 41.5.